The third-order valence-corrected chi connectivity index (χ3v) is 3.70. The Morgan fingerprint density at radius 2 is 1.85 bits per heavy atom. The zero-order valence-corrected chi connectivity index (χ0v) is 17.1. The molecule has 0 aromatic heterocycles. The highest BCUT2D eigenvalue weighted by Crippen LogP contribution is 2.20. The monoisotopic (exact) mass is 505 g/mol. The molecule has 156 valence electrons. The number of guanidine groups is 1. The summed E-state index contributed by atoms with van der Waals surface area (Å²) in [6, 6.07) is -0.138. The number of hydrogen-bond acceptors (Lipinski definition) is 3. The van der Waals surface area contributed by atoms with Gasteiger partial charge in [-0.15, -0.1) is 24.0 Å². The maximum absolute atomic E-state index is 12.4. The Labute approximate surface area is 166 Å². The quantitative estimate of drug-likeness (QED) is 0.183. The van der Waals surface area contributed by atoms with E-state index >= 15 is 0 Å². The van der Waals surface area contributed by atoms with E-state index < -0.39 is 25.4 Å². The summed E-state index contributed by atoms with van der Waals surface area (Å²) in [5.41, 5.74) is 0. The van der Waals surface area contributed by atoms with Crippen LogP contribution in [0, 0.1) is 0 Å². The van der Waals surface area contributed by atoms with Gasteiger partial charge in [-0.05, 0) is 26.4 Å². The predicted molar refractivity (Wildman–Crippen MR) is 99.0 cm³/mol. The fraction of sp³-hybridized carbons (Fsp3) is 0.929. The number of aliphatic imine (C=N–C) groups is 1. The van der Waals surface area contributed by atoms with Gasteiger partial charge in [0, 0.05) is 32.7 Å². The van der Waals surface area contributed by atoms with Crippen LogP contribution in [0.25, 0.3) is 0 Å². The number of likely N-dealkylation sites (tertiary alicyclic amines) is 1. The van der Waals surface area contributed by atoms with Crippen molar-refractivity contribution in [1.82, 2.24) is 20.4 Å². The van der Waals surface area contributed by atoms with E-state index in [0.717, 1.165) is 0 Å². The van der Waals surface area contributed by atoms with Crippen LogP contribution < -0.4 is 10.6 Å². The third-order valence-electron chi connectivity index (χ3n) is 3.70. The van der Waals surface area contributed by atoms with Gasteiger partial charge in [0.05, 0.1) is 13.1 Å². The zero-order chi connectivity index (χ0) is 19.1. The van der Waals surface area contributed by atoms with Gasteiger partial charge < -0.3 is 10.6 Å². The molecule has 0 radical (unpaired) electrons. The Morgan fingerprint density at radius 1 is 1.19 bits per heavy atom. The summed E-state index contributed by atoms with van der Waals surface area (Å²) in [6.45, 7) is -0.572. The molecular formula is C14H26F6IN5. The van der Waals surface area contributed by atoms with Crippen LogP contribution in [0.2, 0.25) is 0 Å². The summed E-state index contributed by atoms with van der Waals surface area (Å²) in [5.74, 6) is 0.442. The van der Waals surface area contributed by atoms with Crippen LogP contribution >= 0.6 is 24.0 Å². The highest BCUT2D eigenvalue weighted by molar-refractivity contribution is 14.0. The lowest BCUT2D eigenvalue weighted by Crippen LogP contribution is -2.45. The highest BCUT2D eigenvalue weighted by Gasteiger charge is 2.34. The minimum absolute atomic E-state index is 0. The first-order valence-electron chi connectivity index (χ1n) is 8.00. The molecule has 0 bridgehead atoms. The molecule has 0 spiro atoms. The normalized spacial score (nSPS) is 19.6. The smallest absolute Gasteiger partial charge is 0.356 e. The van der Waals surface area contributed by atoms with Gasteiger partial charge in [0.1, 0.15) is 0 Å². The van der Waals surface area contributed by atoms with Crippen molar-refractivity contribution < 1.29 is 26.3 Å². The maximum Gasteiger partial charge on any atom is 0.401 e. The Hall–Kier alpha value is -0.500. The number of halogens is 7. The lowest BCUT2D eigenvalue weighted by molar-refractivity contribution is -0.144. The second-order valence-electron chi connectivity index (χ2n) is 6.19. The van der Waals surface area contributed by atoms with Gasteiger partial charge in [-0.2, -0.15) is 26.3 Å². The Balaban J connectivity index is 0.00000625. The fourth-order valence-electron chi connectivity index (χ4n) is 2.68. The second kappa shape index (κ2) is 11.4. The molecule has 5 nitrogen and oxygen atoms in total. The summed E-state index contributed by atoms with van der Waals surface area (Å²) >= 11 is 0. The van der Waals surface area contributed by atoms with Crippen molar-refractivity contribution in [3.63, 3.8) is 0 Å². The van der Waals surface area contributed by atoms with E-state index in [1.807, 2.05) is 0 Å². The van der Waals surface area contributed by atoms with E-state index in [0.29, 0.717) is 31.9 Å². The summed E-state index contributed by atoms with van der Waals surface area (Å²) in [4.78, 5) is 6.50. The number of alkyl halides is 6. The summed E-state index contributed by atoms with van der Waals surface area (Å²) in [7, 11) is 2.93. The van der Waals surface area contributed by atoms with E-state index in [4.69, 9.17) is 0 Å². The Kier molecular flexibility index (Phi) is 11.1. The molecule has 1 unspecified atom stereocenters. The van der Waals surface area contributed by atoms with Crippen LogP contribution in [0.5, 0.6) is 0 Å². The lowest BCUT2D eigenvalue weighted by Gasteiger charge is -2.21. The van der Waals surface area contributed by atoms with Crippen LogP contribution in [0.4, 0.5) is 26.3 Å². The van der Waals surface area contributed by atoms with Gasteiger partial charge in [-0.1, -0.05) is 0 Å². The molecule has 1 heterocycles. The topological polar surface area (TPSA) is 42.9 Å². The standard InChI is InChI=1S/C14H25F6N5.HI/c1-21-12(22-5-3-6-24(2)9-13(15,16)17)23-11-4-7-25(8-11)10-14(18,19)20;/h11H,3-10H2,1-2H3,(H2,21,22,23);1H. The molecule has 0 aliphatic carbocycles. The van der Waals surface area contributed by atoms with Crippen molar-refractivity contribution in [2.45, 2.75) is 31.2 Å². The lowest BCUT2D eigenvalue weighted by atomic mass is 10.3. The molecule has 1 fully saturated rings. The van der Waals surface area contributed by atoms with Crippen molar-refractivity contribution in [3.8, 4) is 0 Å². The molecule has 1 aliphatic rings. The van der Waals surface area contributed by atoms with Gasteiger partial charge in [0.15, 0.2) is 5.96 Å². The minimum atomic E-state index is -4.22. The van der Waals surface area contributed by atoms with Crippen LogP contribution in [0.15, 0.2) is 4.99 Å². The number of nitrogens with zero attached hydrogens (tertiary/aromatic N) is 3. The number of rotatable bonds is 7. The van der Waals surface area contributed by atoms with Crippen molar-refractivity contribution in [2.24, 2.45) is 4.99 Å². The largest absolute Gasteiger partial charge is 0.401 e. The second-order valence-corrected chi connectivity index (χ2v) is 6.19. The van der Waals surface area contributed by atoms with E-state index in [-0.39, 0.29) is 43.1 Å². The molecule has 0 saturated carbocycles. The van der Waals surface area contributed by atoms with Crippen LogP contribution in [-0.4, -0.2) is 87.5 Å². The molecule has 12 heteroatoms. The van der Waals surface area contributed by atoms with Crippen LogP contribution in [0.3, 0.4) is 0 Å². The fourth-order valence-corrected chi connectivity index (χ4v) is 2.68. The average molecular weight is 505 g/mol. The number of nitrogens with one attached hydrogen (secondary N) is 2. The van der Waals surface area contributed by atoms with E-state index in [1.165, 1.54) is 23.9 Å². The molecule has 0 amide bonds. The van der Waals surface area contributed by atoms with Crippen LogP contribution in [-0.2, 0) is 0 Å². The first-order valence-corrected chi connectivity index (χ1v) is 8.00. The van der Waals surface area contributed by atoms with Crippen molar-refractivity contribution in [3.05, 3.63) is 0 Å². The molecule has 0 aromatic carbocycles. The average Bonchev–Trinajstić information content (AvgIpc) is 2.85. The molecular weight excluding hydrogens is 479 g/mol. The molecule has 1 aliphatic heterocycles. The molecule has 0 aromatic rings. The Bertz CT molecular complexity index is 429. The van der Waals surface area contributed by atoms with Crippen molar-refractivity contribution >= 4 is 29.9 Å². The summed E-state index contributed by atoms with van der Waals surface area (Å²) in [5, 5.41) is 6.01. The third kappa shape index (κ3) is 12.0. The molecule has 1 rings (SSSR count). The van der Waals surface area contributed by atoms with Crippen LogP contribution in [0.1, 0.15) is 12.8 Å². The molecule has 26 heavy (non-hydrogen) atoms. The van der Waals surface area contributed by atoms with Crippen molar-refractivity contribution in [2.75, 3.05) is 53.4 Å². The SMILES string of the molecule is CN=C(NCCCN(C)CC(F)(F)F)NC1CCN(CC(F)(F)F)C1.I. The predicted octanol–water partition coefficient (Wildman–Crippen LogP) is 2.29. The zero-order valence-electron chi connectivity index (χ0n) is 14.8. The first-order chi connectivity index (χ1) is 11.5. The first kappa shape index (κ1) is 25.5. The van der Waals surface area contributed by atoms with Gasteiger partial charge in [0.2, 0.25) is 0 Å². The van der Waals surface area contributed by atoms with E-state index in [1.54, 1.807) is 0 Å². The van der Waals surface area contributed by atoms with Crippen molar-refractivity contribution in [1.29, 1.82) is 0 Å². The Morgan fingerprint density at radius 3 is 2.38 bits per heavy atom. The van der Waals surface area contributed by atoms with Gasteiger partial charge >= 0.3 is 12.4 Å². The van der Waals surface area contributed by atoms with Gasteiger partial charge in [-0.25, -0.2) is 0 Å². The maximum atomic E-state index is 12.4. The van der Waals surface area contributed by atoms with E-state index in [9.17, 15) is 26.3 Å². The molecule has 1 saturated heterocycles. The molecule has 1 atom stereocenters. The summed E-state index contributed by atoms with van der Waals surface area (Å²) < 4.78 is 73.7. The molecule has 2 N–H and O–H groups in total. The van der Waals surface area contributed by atoms with Gasteiger partial charge in [0.25, 0.3) is 0 Å². The minimum Gasteiger partial charge on any atom is -0.356 e. The van der Waals surface area contributed by atoms with E-state index in [2.05, 4.69) is 15.6 Å². The summed E-state index contributed by atoms with van der Waals surface area (Å²) in [6.07, 6.45) is -7.37. The number of hydrogen-bond donors (Lipinski definition) is 2. The van der Waals surface area contributed by atoms with Gasteiger partial charge in [-0.3, -0.25) is 14.8 Å². The highest BCUT2D eigenvalue weighted by atomic mass is 127.